The highest BCUT2D eigenvalue weighted by molar-refractivity contribution is 7.90. The van der Waals surface area contributed by atoms with Crippen LogP contribution in [0.25, 0.3) is 0 Å². The minimum absolute atomic E-state index is 0.0115. The van der Waals surface area contributed by atoms with Gasteiger partial charge in [-0.05, 0) is 46.2 Å². The first-order chi connectivity index (χ1) is 17.0. The lowest BCUT2D eigenvalue weighted by Gasteiger charge is -2.19. The van der Waals surface area contributed by atoms with E-state index in [0.717, 1.165) is 16.7 Å². The summed E-state index contributed by atoms with van der Waals surface area (Å²) in [7, 11) is -3.79. The molecule has 36 heavy (non-hydrogen) atoms. The van der Waals surface area contributed by atoms with Crippen LogP contribution in [0, 0.1) is 0 Å². The van der Waals surface area contributed by atoms with E-state index in [9.17, 15) is 8.42 Å². The van der Waals surface area contributed by atoms with Crippen molar-refractivity contribution >= 4 is 21.4 Å². The molecular formula is C28H31ClN4O2S. The number of nitrogens with zero attached hydrogens (tertiary/aromatic N) is 3. The van der Waals surface area contributed by atoms with Crippen molar-refractivity contribution in [1.82, 2.24) is 14.8 Å². The molecule has 8 heteroatoms. The van der Waals surface area contributed by atoms with Crippen LogP contribution in [-0.4, -0.2) is 23.2 Å². The zero-order valence-corrected chi connectivity index (χ0v) is 22.3. The SMILES string of the molecule is CC(C)(C)c1ccc(CS(=O)(=O)c2nnc(C(N)Cc3ccc(Cl)cc3)n2Cc2ccccc2)cc1. The second kappa shape index (κ2) is 10.5. The van der Waals surface area contributed by atoms with Crippen molar-refractivity contribution in [2.45, 2.75) is 56.1 Å². The van der Waals surface area contributed by atoms with E-state index in [0.29, 0.717) is 29.4 Å². The molecule has 0 amide bonds. The molecule has 0 saturated heterocycles. The third-order valence-electron chi connectivity index (χ3n) is 6.08. The van der Waals surface area contributed by atoms with Gasteiger partial charge in [-0.1, -0.05) is 99.1 Å². The second-order valence-electron chi connectivity index (χ2n) is 10.1. The van der Waals surface area contributed by atoms with Gasteiger partial charge in [0.15, 0.2) is 5.82 Å². The lowest BCUT2D eigenvalue weighted by atomic mass is 9.87. The fourth-order valence-electron chi connectivity index (χ4n) is 4.07. The molecule has 1 atom stereocenters. The lowest BCUT2D eigenvalue weighted by Crippen LogP contribution is -2.22. The van der Waals surface area contributed by atoms with Crippen LogP contribution in [0.1, 0.15) is 54.9 Å². The van der Waals surface area contributed by atoms with Gasteiger partial charge in [-0.3, -0.25) is 4.57 Å². The highest BCUT2D eigenvalue weighted by Crippen LogP contribution is 2.25. The molecule has 1 heterocycles. The molecule has 2 N–H and O–H groups in total. The third kappa shape index (κ3) is 6.22. The Labute approximate surface area is 218 Å². The van der Waals surface area contributed by atoms with E-state index in [4.69, 9.17) is 17.3 Å². The van der Waals surface area contributed by atoms with Crippen LogP contribution in [0.5, 0.6) is 0 Å². The maximum atomic E-state index is 13.5. The Balaban J connectivity index is 1.67. The summed E-state index contributed by atoms with van der Waals surface area (Å²) in [5, 5.41) is 8.97. The van der Waals surface area contributed by atoms with Crippen molar-refractivity contribution in [2.75, 3.05) is 0 Å². The summed E-state index contributed by atoms with van der Waals surface area (Å²) in [6, 6.07) is 24.2. The fraction of sp³-hybridized carbons (Fsp3) is 0.286. The first-order valence-electron chi connectivity index (χ1n) is 11.8. The van der Waals surface area contributed by atoms with Gasteiger partial charge in [0, 0.05) is 5.02 Å². The highest BCUT2D eigenvalue weighted by Gasteiger charge is 2.28. The van der Waals surface area contributed by atoms with Gasteiger partial charge in [0.25, 0.3) is 0 Å². The van der Waals surface area contributed by atoms with Crippen LogP contribution in [-0.2, 0) is 34.0 Å². The molecule has 188 valence electrons. The average Bonchev–Trinajstić information content (AvgIpc) is 3.25. The molecule has 0 fully saturated rings. The predicted octanol–water partition coefficient (Wildman–Crippen LogP) is 5.49. The summed E-state index contributed by atoms with van der Waals surface area (Å²) in [4.78, 5) is 0. The van der Waals surface area contributed by atoms with E-state index in [-0.39, 0.29) is 16.3 Å². The van der Waals surface area contributed by atoms with Crippen molar-refractivity contribution in [3.63, 3.8) is 0 Å². The van der Waals surface area contributed by atoms with E-state index >= 15 is 0 Å². The van der Waals surface area contributed by atoms with Gasteiger partial charge in [-0.2, -0.15) is 0 Å². The number of halogens is 1. The molecule has 0 bridgehead atoms. The summed E-state index contributed by atoms with van der Waals surface area (Å²) in [6.07, 6.45) is 0.471. The van der Waals surface area contributed by atoms with E-state index in [1.54, 1.807) is 16.7 Å². The molecule has 0 radical (unpaired) electrons. The minimum atomic E-state index is -3.79. The molecule has 4 aromatic rings. The summed E-state index contributed by atoms with van der Waals surface area (Å²) < 4.78 is 28.7. The van der Waals surface area contributed by atoms with Crippen LogP contribution >= 0.6 is 11.6 Å². The van der Waals surface area contributed by atoms with Crippen LogP contribution in [0.2, 0.25) is 5.02 Å². The van der Waals surface area contributed by atoms with Gasteiger partial charge in [-0.25, -0.2) is 8.42 Å². The summed E-state index contributed by atoms with van der Waals surface area (Å²) in [5.41, 5.74) is 10.3. The van der Waals surface area contributed by atoms with Crippen molar-refractivity contribution in [3.8, 4) is 0 Å². The molecule has 1 unspecified atom stereocenters. The fourth-order valence-corrected chi connectivity index (χ4v) is 5.62. The van der Waals surface area contributed by atoms with E-state index in [2.05, 4.69) is 31.0 Å². The number of hydrogen-bond donors (Lipinski definition) is 1. The number of benzene rings is 3. The van der Waals surface area contributed by atoms with Gasteiger partial charge in [0.2, 0.25) is 15.0 Å². The molecule has 0 aliphatic rings. The van der Waals surface area contributed by atoms with Gasteiger partial charge in [0.05, 0.1) is 18.3 Å². The molecule has 3 aromatic carbocycles. The van der Waals surface area contributed by atoms with Gasteiger partial charge in [0.1, 0.15) is 0 Å². The Morgan fingerprint density at radius 3 is 2.08 bits per heavy atom. The van der Waals surface area contributed by atoms with Crippen molar-refractivity contribution in [1.29, 1.82) is 0 Å². The summed E-state index contributed by atoms with van der Waals surface area (Å²) in [5.74, 6) is 0.256. The van der Waals surface area contributed by atoms with Gasteiger partial charge >= 0.3 is 0 Å². The first kappa shape index (κ1) is 26.1. The second-order valence-corrected chi connectivity index (χ2v) is 12.4. The molecule has 0 aliphatic carbocycles. The number of sulfone groups is 1. The molecule has 1 aromatic heterocycles. The van der Waals surface area contributed by atoms with Gasteiger partial charge in [-0.15, -0.1) is 10.2 Å². The average molecular weight is 523 g/mol. The molecule has 0 aliphatic heterocycles. The molecule has 4 rings (SSSR count). The van der Waals surface area contributed by atoms with E-state index < -0.39 is 15.9 Å². The zero-order chi connectivity index (χ0) is 25.9. The Morgan fingerprint density at radius 2 is 1.47 bits per heavy atom. The minimum Gasteiger partial charge on any atom is -0.321 e. The van der Waals surface area contributed by atoms with Crippen LogP contribution < -0.4 is 5.73 Å². The number of nitrogens with two attached hydrogens (primary N) is 1. The molecular weight excluding hydrogens is 492 g/mol. The maximum Gasteiger partial charge on any atom is 0.250 e. The van der Waals surface area contributed by atoms with Crippen molar-refractivity contribution in [3.05, 3.63) is 112 Å². The van der Waals surface area contributed by atoms with Crippen molar-refractivity contribution in [2.24, 2.45) is 5.73 Å². The monoisotopic (exact) mass is 522 g/mol. The predicted molar refractivity (Wildman–Crippen MR) is 144 cm³/mol. The molecule has 0 spiro atoms. The third-order valence-corrected chi connectivity index (χ3v) is 7.91. The molecule has 0 saturated carbocycles. The molecule has 6 nitrogen and oxygen atoms in total. The Bertz CT molecular complexity index is 1410. The van der Waals surface area contributed by atoms with E-state index in [1.165, 1.54) is 0 Å². The van der Waals surface area contributed by atoms with Crippen LogP contribution in [0.3, 0.4) is 0 Å². The topological polar surface area (TPSA) is 90.9 Å². The van der Waals surface area contributed by atoms with Crippen LogP contribution in [0.15, 0.2) is 84.0 Å². The smallest absolute Gasteiger partial charge is 0.250 e. The first-order valence-corrected chi connectivity index (χ1v) is 13.9. The summed E-state index contributed by atoms with van der Waals surface area (Å²) in [6.45, 7) is 6.67. The Morgan fingerprint density at radius 1 is 0.861 bits per heavy atom. The Hall–Kier alpha value is -3.00. The largest absolute Gasteiger partial charge is 0.321 e. The summed E-state index contributed by atoms with van der Waals surface area (Å²) >= 11 is 6.01. The Kier molecular flexibility index (Phi) is 7.64. The number of hydrogen-bond acceptors (Lipinski definition) is 5. The highest BCUT2D eigenvalue weighted by atomic mass is 35.5. The van der Waals surface area contributed by atoms with Crippen LogP contribution in [0.4, 0.5) is 0 Å². The number of aromatic nitrogens is 3. The van der Waals surface area contributed by atoms with E-state index in [1.807, 2.05) is 66.7 Å². The van der Waals surface area contributed by atoms with Gasteiger partial charge < -0.3 is 5.73 Å². The normalized spacial score (nSPS) is 13.0. The zero-order valence-electron chi connectivity index (χ0n) is 20.7. The maximum absolute atomic E-state index is 13.5. The lowest BCUT2D eigenvalue weighted by molar-refractivity contribution is 0.553. The number of rotatable bonds is 8. The quantitative estimate of drug-likeness (QED) is 0.330. The standard InChI is InChI=1S/C28H31ClN4O2S/c1-28(2,3)23-13-9-22(10-14-23)19-36(34,35)27-32-31-26(33(27)18-21-7-5-4-6-8-21)25(30)17-20-11-15-24(29)16-12-20/h4-16,25H,17-19,30H2,1-3H3. The van der Waals surface area contributed by atoms with Crippen molar-refractivity contribution < 1.29 is 8.42 Å².